The largest absolute Gasteiger partial charge is 0.480 e. The SMILES string of the molecule is Cc1c(NC(=O)OC(C)(C)C)ccc2nc(N[C@@H](Cc3c[nH]c4ccccc34)C(=O)O)oc(=O)c12. The zero-order chi connectivity index (χ0) is 25.3. The first-order valence-electron chi connectivity index (χ1n) is 11.0. The monoisotopic (exact) mass is 478 g/mol. The number of H-pyrrole nitrogens is 1. The number of aromatic nitrogens is 2. The number of ether oxygens (including phenoxy) is 1. The number of hydrogen-bond donors (Lipinski definition) is 4. The molecular formula is C25H26N4O6. The highest BCUT2D eigenvalue weighted by atomic mass is 16.6. The Morgan fingerprint density at radius 1 is 1.20 bits per heavy atom. The summed E-state index contributed by atoms with van der Waals surface area (Å²) in [6.07, 6.45) is 1.24. The number of nitrogens with zero attached hydrogens (tertiary/aromatic N) is 1. The molecule has 0 spiro atoms. The number of aromatic amines is 1. The number of nitrogens with one attached hydrogen (secondary N) is 3. The normalized spacial score (nSPS) is 12.5. The molecule has 35 heavy (non-hydrogen) atoms. The zero-order valence-electron chi connectivity index (χ0n) is 19.8. The molecule has 2 aromatic carbocycles. The molecule has 4 N–H and O–H groups in total. The van der Waals surface area contributed by atoms with E-state index in [0.717, 1.165) is 16.5 Å². The number of para-hydroxylation sites is 1. The minimum Gasteiger partial charge on any atom is -0.480 e. The summed E-state index contributed by atoms with van der Waals surface area (Å²) in [6.45, 7) is 6.89. The lowest BCUT2D eigenvalue weighted by Gasteiger charge is -2.20. The van der Waals surface area contributed by atoms with Gasteiger partial charge in [0.05, 0.1) is 10.9 Å². The number of anilines is 2. The molecule has 4 rings (SSSR count). The van der Waals surface area contributed by atoms with E-state index in [9.17, 15) is 19.5 Å². The van der Waals surface area contributed by atoms with Gasteiger partial charge in [0.25, 0.3) is 6.01 Å². The topological polar surface area (TPSA) is 147 Å². The van der Waals surface area contributed by atoms with Crippen LogP contribution in [-0.2, 0) is 16.0 Å². The van der Waals surface area contributed by atoms with Gasteiger partial charge in [0.15, 0.2) is 0 Å². The summed E-state index contributed by atoms with van der Waals surface area (Å²) in [4.78, 5) is 44.3. The molecule has 2 aromatic heterocycles. The molecule has 0 aliphatic heterocycles. The van der Waals surface area contributed by atoms with E-state index >= 15 is 0 Å². The number of amides is 1. The van der Waals surface area contributed by atoms with Gasteiger partial charge in [0.1, 0.15) is 11.6 Å². The minimum atomic E-state index is -1.12. The number of carboxylic acid groups (broad SMARTS) is 1. The number of aliphatic carboxylic acids is 1. The zero-order valence-corrected chi connectivity index (χ0v) is 19.8. The van der Waals surface area contributed by atoms with Crippen molar-refractivity contribution in [2.24, 2.45) is 0 Å². The lowest BCUT2D eigenvalue weighted by molar-refractivity contribution is -0.137. The third kappa shape index (κ3) is 5.26. The van der Waals surface area contributed by atoms with Gasteiger partial charge in [-0.25, -0.2) is 14.4 Å². The molecule has 4 aromatic rings. The first-order chi connectivity index (χ1) is 16.5. The second-order valence-corrected chi connectivity index (χ2v) is 9.16. The number of benzene rings is 2. The Hall–Kier alpha value is -4.34. The summed E-state index contributed by atoms with van der Waals surface area (Å²) in [5, 5.41) is 16.2. The minimum absolute atomic E-state index is 0.139. The summed E-state index contributed by atoms with van der Waals surface area (Å²) < 4.78 is 10.6. The van der Waals surface area contributed by atoms with E-state index in [2.05, 4.69) is 20.6 Å². The molecule has 10 nitrogen and oxygen atoms in total. The van der Waals surface area contributed by atoms with Crippen LogP contribution in [-0.4, -0.2) is 38.8 Å². The molecule has 0 bridgehead atoms. The van der Waals surface area contributed by atoms with Crippen molar-refractivity contribution >= 4 is 45.6 Å². The van der Waals surface area contributed by atoms with Crippen LogP contribution in [0, 0.1) is 6.92 Å². The van der Waals surface area contributed by atoms with Crippen LogP contribution in [0.4, 0.5) is 16.5 Å². The van der Waals surface area contributed by atoms with Crippen LogP contribution >= 0.6 is 0 Å². The second-order valence-electron chi connectivity index (χ2n) is 9.16. The van der Waals surface area contributed by atoms with Crippen molar-refractivity contribution in [3.05, 3.63) is 64.1 Å². The first kappa shape index (κ1) is 23.8. The summed E-state index contributed by atoms with van der Waals surface area (Å²) >= 11 is 0. The van der Waals surface area contributed by atoms with Gasteiger partial charge in [-0.1, -0.05) is 18.2 Å². The van der Waals surface area contributed by atoms with E-state index in [-0.39, 0.29) is 17.8 Å². The van der Waals surface area contributed by atoms with Crippen molar-refractivity contribution in [2.45, 2.75) is 45.8 Å². The van der Waals surface area contributed by atoms with Crippen LogP contribution in [0.2, 0.25) is 0 Å². The van der Waals surface area contributed by atoms with Crippen LogP contribution in [0.15, 0.2) is 51.8 Å². The first-order valence-corrected chi connectivity index (χ1v) is 11.0. The van der Waals surface area contributed by atoms with Crippen molar-refractivity contribution in [1.29, 1.82) is 0 Å². The van der Waals surface area contributed by atoms with Crippen LogP contribution < -0.4 is 16.3 Å². The molecule has 182 valence electrons. The molecule has 1 amide bonds. The van der Waals surface area contributed by atoms with Gasteiger partial charge >= 0.3 is 17.7 Å². The molecule has 0 saturated carbocycles. The highest BCUT2D eigenvalue weighted by Crippen LogP contribution is 2.25. The molecule has 0 fully saturated rings. The summed E-state index contributed by atoms with van der Waals surface area (Å²) in [5.41, 5.74) is 1.44. The van der Waals surface area contributed by atoms with Gasteiger partial charge in [-0.2, -0.15) is 4.98 Å². The average Bonchev–Trinajstić information content (AvgIpc) is 3.16. The number of hydrogen-bond acceptors (Lipinski definition) is 7. The number of aryl methyl sites for hydroxylation is 1. The molecule has 0 saturated heterocycles. The number of carboxylic acids is 1. The van der Waals surface area contributed by atoms with Crippen LogP contribution in [0.5, 0.6) is 0 Å². The second kappa shape index (κ2) is 9.13. The van der Waals surface area contributed by atoms with Gasteiger partial charge in [-0.15, -0.1) is 0 Å². The highest BCUT2D eigenvalue weighted by molar-refractivity contribution is 5.93. The van der Waals surface area contributed by atoms with Crippen LogP contribution in [0.25, 0.3) is 21.8 Å². The van der Waals surface area contributed by atoms with Gasteiger partial charge in [0.2, 0.25) is 0 Å². The fourth-order valence-corrected chi connectivity index (χ4v) is 3.80. The standard InChI is InChI=1S/C25H26N4O6/c1-13-16(29-24(33)35-25(2,3)4)9-10-18-20(13)22(32)34-23(27-18)28-19(21(30)31)11-14-12-26-17-8-6-5-7-15(14)17/h5-10,12,19,26H,11H2,1-4H3,(H,27,28)(H,29,33)(H,30,31)/t19-/m0/s1. The number of carbonyl (C=O) groups is 2. The molecule has 0 aliphatic carbocycles. The summed E-state index contributed by atoms with van der Waals surface area (Å²) in [6, 6.07) is 9.42. The maximum atomic E-state index is 12.8. The predicted octanol–water partition coefficient (Wildman–Crippen LogP) is 4.43. The van der Waals surface area contributed by atoms with E-state index in [1.807, 2.05) is 24.3 Å². The lowest BCUT2D eigenvalue weighted by Crippen LogP contribution is -2.32. The fraction of sp³-hybridized carbons (Fsp3) is 0.280. The Kier molecular flexibility index (Phi) is 6.21. The van der Waals surface area contributed by atoms with Crippen molar-refractivity contribution in [3.63, 3.8) is 0 Å². The van der Waals surface area contributed by atoms with Gasteiger partial charge in [-0.3, -0.25) is 5.32 Å². The van der Waals surface area contributed by atoms with Crippen molar-refractivity contribution in [3.8, 4) is 0 Å². The smallest absolute Gasteiger partial charge is 0.412 e. The van der Waals surface area contributed by atoms with Gasteiger partial charge in [0, 0.05) is 29.2 Å². The van der Waals surface area contributed by atoms with E-state index in [1.54, 1.807) is 46.0 Å². The van der Waals surface area contributed by atoms with Crippen molar-refractivity contribution < 1.29 is 23.8 Å². The van der Waals surface area contributed by atoms with Crippen LogP contribution in [0.1, 0.15) is 31.9 Å². The Bertz CT molecular complexity index is 1480. The summed E-state index contributed by atoms with van der Waals surface area (Å²) in [5.74, 6) is -1.12. The Balaban J connectivity index is 1.60. The van der Waals surface area contributed by atoms with Gasteiger partial charge < -0.3 is 24.6 Å². The molecule has 10 heteroatoms. The molecular weight excluding hydrogens is 452 g/mol. The van der Waals surface area contributed by atoms with Crippen LogP contribution in [0.3, 0.4) is 0 Å². The number of carbonyl (C=O) groups excluding carboxylic acids is 1. The van der Waals surface area contributed by atoms with Crippen molar-refractivity contribution in [2.75, 3.05) is 10.6 Å². The third-order valence-corrected chi connectivity index (χ3v) is 5.39. The lowest BCUT2D eigenvalue weighted by atomic mass is 10.1. The van der Waals surface area contributed by atoms with E-state index in [0.29, 0.717) is 16.8 Å². The average molecular weight is 479 g/mol. The quantitative estimate of drug-likeness (QED) is 0.318. The van der Waals surface area contributed by atoms with E-state index in [1.165, 1.54) is 0 Å². The predicted molar refractivity (Wildman–Crippen MR) is 132 cm³/mol. The molecule has 2 heterocycles. The Morgan fingerprint density at radius 2 is 1.94 bits per heavy atom. The molecule has 0 radical (unpaired) electrons. The third-order valence-electron chi connectivity index (χ3n) is 5.39. The fourth-order valence-electron chi connectivity index (χ4n) is 3.80. The Morgan fingerprint density at radius 3 is 2.66 bits per heavy atom. The maximum Gasteiger partial charge on any atom is 0.412 e. The number of fused-ring (bicyclic) bond motifs is 2. The highest BCUT2D eigenvalue weighted by Gasteiger charge is 2.23. The molecule has 1 atom stereocenters. The van der Waals surface area contributed by atoms with E-state index < -0.39 is 29.3 Å². The number of rotatable bonds is 6. The Labute approximate surface area is 200 Å². The van der Waals surface area contributed by atoms with Crippen molar-refractivity contribution in [1.82, 2.24) is 9.97 Å². The van der Waals surface area contributed by atoms with Gasteiger partial charge in [-0.05, 0) is 57.0 Å². The molecule has 0 aliphatic rings. The molecule has 0 unspecified atom stereocenters. The summed E-state index contributed by atoms with van der Waals surface area (Å²) in [7, 11) is 0. The maximum absolute atomic E-state index is 12.8. The van der Waals surface area contributed by atoms with E-state index in [4.69, 9.17) is 9.15 Å².